The Hall–Kier alpha value is -0.920. The molecule has 2 heteroatoms. The summed E-state index contributed by atoms with van der Waals surface area (Å²) in [5, 5.41) is 0. The van der Waals surface area contributed by atoms with Crippen molar-refractivity contribution in [2.24, 2.45) is 0 Å². The fourth-order valence-corrected chi connectivity index (χ4v) is 1.51. The molecule has 1 rings (SSSR count). The predicted molar refractivity (Wildman–Crippen MR) is 57.9 cm³/mol. The molecule has 14 heavy (non-hydrogen) atoms. The third kappa shape index (κ3) is 4.95. The van der Waals surface area contributed by atoms with Crippen LogP contribution >= 0.6 is 0 Å². The van der Waals surface area contributed by atoms with Crippen LogP contribution in [-0.2, 0) is 6.42 Å². The minimum atomic E-state index is 1.07. The van der Waals surface area contributed by atoms with Crippen molar-refractivity contribution in [2.45, 2.75) is 51.9 Å². The molecule has 0 aliphatic heterocycles. The van der Waals surface area contributed by atoms with E-state index in [9.17, 15) is 0 Å². The van der Waals surface area contributed by atoms with E-state index in [0.29, 0.717) is 0 Å². The number of aromatic nitrogens is 2. The van der Waals surface area contributed by atoms with E-state index in [4.69, 9.17) is 0 Å². The third-order valence-corrected chi connectivity index (χ3v) is 2.38. The normalized spacial score (nSPS) is 10.4. The van der Waals surface area contributed by atoms with Crippen LogP contribution in [0.2, 0.25) is 0 Å². The van der Waals surface area contributed by atoms with Crippen molar-refractivity contribution in [3.8, 4) is 0 Å². The van der Waals surface area contributed by atoms with Gasteiger partial charge < -0.3 is 0 Å². The van der Waals surface area contributed by atoms with E-state index in [1.807, 2.05) is 6.07 Å². The molecule has 0 fully saturated rings. The molecule has 0 bridgehead atoms. The van der Waals surface area contributed by atoms with Crippen molar-refractivity contribution in [3.63, 3.8) is 0 Å². The monoisotopic (exact) mass is 191 g/mol. The molecule has 1 heterocycles. The maximum Gasteiger partial charge on any atom is 0.197 e. The maximum absolute atomic E-state index is 4.08. The molecule has 0 aliphatic carbocycles. The standard InChI is InChI=1S/C12H19N2/c1-2-3-4-5-6-7-8-12-9-10-13-11-14-12/h9-10H,2-8H2,1H3. The summed E-state index contributed by atoms with van der Waals surface area (Å²) in [6, 6.07) is 1.97. The van der Waals surface area contributed by atoms with Crippen molar-refractivity contribution in [1.82, 2.24) is 9.97 Å². The Labute approximate surface area is 86.8 Å². The number of rotatable bonds is 7. The lowest BCUT2D eigenvalue weighted by Gasteiger charge is -2.00. The van der Waals surface area contributed by atoms with Crippen LogP contribution < -0.4 is 0 Å². The van der Waals surface area contributed by atoms with E-state index in [1.54, 1.807) is 6.20 Å². The molecule has 2 nitrogen and oxygen atoms in total. The lowest BCUT2D eigenvalue weighted by molar-refractivity contribution is 0.604. The molecule has 0 saturated carbocycles. The predicted octanol–water partition coefficient (Wildman–Crippen LogP) is 3.18. The molecule has 1 aromatic rings. The molecule has 0 spiro atoms. The molecular formula is C12H19N2. The molecule has 77 valence electrons. The van der Waals surface area contributed by atoms with Gasteiger partial charge in [0.2, 0.25) is 0 Å². The molecule has 0 aromatic carbocycles. The Morgan fingerprint density at radius 3 is 2.64 bits per heavy atom. The van der Waals surface area contributed by atoms with E-state index < -0.39 is 0 Å². The maximum atomic E-state index is 4.08. The molecular weight excluding hydrogens is 172 g/mol. The third-order valence-electron chi connectivity index (χ3n) is 2.38. The average Bonchev–Trinajstić information content (AvgIpc) is 2.25. The van der Waals surface area contributed by atoms with Gasteiger partial charge in [-0.25, -0.2) is 9.97 Å². The van der Waals surface area contributed by atoms with Crippen LogP contribution in [0.3, 0.4) is 0 Å². The van der Waals surface area contributed by atoms with Crippen LogP contribution in [0.4, 0.5) is 0 Å². The van der Waals surface area contributed by atoms with Gasteiger partial charge in [-0.05, 0) is 18.9 Å². The van der Waals surface area contributed by atoms with Crippen molar-refractivity contribution in [3.05, 3.63) is 24.3 Å². The van der Waals surface area contributed by atoms with Gasteiger partial charge in [-0.1, -0.05) is 39.0 Å². The first-order valence-electron chi connectivity index (χ1n) is 5.61. The molecule has 0 unspecified atom stereocenters. The van der Waals surface area contributed by atoms with Crippen LogP contribution in [0.15, 0.2) is 12.3 Å². The minimum absolute atomic E-state index is 1.07. The topological polar surface area (TPSA) is 25.8 Å². The van der Waals surface area contributed by atoms with Crippen LogP contribution in [0.5, 0.6) is 0 Å². The number of hydrogen-bond donors (Lipinski definition) is 0. The van der Waals surface area contributed by atoms with E-state index >= 15 is 0 Å². The summed E-state index contributed by atoms with van der Waals surface area (Å²) in [6.07, 6.45) is 13.5. The van der Waals surface area contributed by atoms with E-state index in [2.05, 4.69) is 23.2 Å². The van der Waals surface area contributed by atoms with Gasteiger partial charge in [0, 0.05) is 11.9 Å². The zero-order valence-corrected chi connectivity index (χ0v) is 9.00. The molecule has 1 radical (unpaired) electrons. The van der Waals surface area contributed by atoms with E-state index in [-0.39, 0.29) is 0 Å². The van der Waals surface area contributed by atoms with E-state index in [0.717, 1.165) is 12.1 Å². The van der Waals surface area contributed by atoms with Gasteiger partial charge in [0.1, 0.15) is 0 Å². The summed E-state index contributed by atoms with van der Waals surface area (Å²) in [5.41, 5.74) is 1.12. The first-order valence-corrected chi connectivity index (χ1v) is 5.61. The highest BCUT2D eigenvalue weighted by molar-refractivity contribution is 4.96. The number of unbranched alkanes of at least 4 members (excludes halogenated alkanes) is 5. The Bertz CT molecular complexity index is 221. The second-order valence-electron chi connectivity index (χ2n) is 3.67. The van der Waals surface area contributed by atoms with Crippen LogP contribution in [-0.4, -0.2) is 9.97 Å². The number of hydrogen-bond acceptors (Lipinski definition) is 2. The highest BCUT2D eigenvalue weighted by Crippen LogP contribution is 2.07. The molecule has 0 amide bonds. The van der Waals surface area contributed by atoms with Crippen LogP contribution in [0.1, 0.15) is 51.1 Å². The average molecular weight is 191 g/mol. The Kier molecular flexibility index (Phi) is 5.96. The lowest BCUT2D eigenvalue weighted by Crippen LogP contribution is -1.90. The van der Waals surface area contributed by atoms with Gasteiger partial charge in [-0.15, -0.1) is 0 Å². The molecule has 0 N–H and O–H groups in total. The first kappa shape index (κ1) is 11.2. The summed E-state index contributed by atoms with van der Waals surface area (Å²) in [7, 11) is 0. The SMILES string of the molecule is CCCCCCCCc1ccn[c]n1. The second kappa shape index (κ2) is 7.48. The summed E-state index contributed by atoms with van der Waals surface area (Å²) in [4.78, 5) is 7.85. The summed E-state index contributed by atoms with van der Waals surface area (Å²) >= 11 is 0. The zero-order valence-electron chi connectivity index (χ0n) is 9.00. The van der Waals surface area contributed by atoms with E-state index in [1.165, 1.54) is 38.5 Å². The van der Waals surface area contributed by atoms with Gasteiger partial charge in [0.05, 0.1) is 0 Å². The van der Waals surface area contributed by atoms with Gasteiger partial charge in [0.25, 0.3) is 0 Å². The second-order valence-corrected chi connectivity index (χ2v) is 3.67. The van der Waals surface area contributed by atoms with Crippen molar-refractivity contribution >= 4 is 0 Å². The Morgan fingerprint density at radius 2 is 1.93 bits per heavy atom. The van der Waals surface area contributed by atoms with Gasteiger partial charge >= 0.3 is 0 Å². The lowest BCUT2D eigenvalue weighted by atomic mass is 10.1. The quantitative estimate of drug-likeness (QED) is 0.619. The molecule has 1 aromatic heterocycles. The summed E-state index contributed by atoms with van der Waals surface area (Å²) in [6.45, 7) is 2.25. The first-order chi connectivity index (χ1) is 6.93. The van der Waals surface area contributed by atoms with Gasteiger partial charge in [-0.3, -0.25) is 0 Å². The zero-order chi connectivity index (χ0) is 10.1. The summed E-state index contributed by atoms with van der Waals surface area (Å²) in [5.74, 6) is 0. The number of nitrogens with zero attached hydrogens (tertiary/aromatic N) is 2. The van der Waals surface area contributed by atoms with Gasteiger partial charge in [-0.2, -0.15) is 0 Å². The van der Waals surface area contributed by atoms with Crippen molar-refractivity contribution < 1.29 is 0 Å². The smallest absolute Gasteiger partial charge is 0.197 e. The highest BCUT2D eigenvalue weighted by Gasteiger charge is 1.94. The highest BCUT2D eigenvalue weighted by atomic mass is 14.8. The fourth-order valence-electron chi connectivity index (χ4n) is 1.51. The van der Waals surface area contributed by atoms with Crippen molar-refractivity contribution in [2.75, 3.05) is 0 Å². The Balaban J connectivity index is 1.99. The molecule has 0 saturated heterocycles. The molecule has 0 atom stereocenters. The van der Waals surface area contributed by atoms with Crippen LogP contribution in [0.25, 0.3) is 0 Å². The van der Waals surface area contributed by atoms with Gasteiger partial charge in [0.15, 0.2) is 6.33 Å². The summed E-state index contributed by atoms with van der Waals surface area (Å²) < 4.78 is 0. The van der Waals surface area contributed by atoms with Crippen molar-refractivity contribution in [1.29, 1.82) is 0 Å². The number of aryl methyl sites for hydroxylation is 1. The fraction of sp³-hybridized carbons (Fsp3) is 0.667. The van der Waals surface area contributed by atoms with Crippen LogP contribution in [0, 0.1) is 6.33 Å². The molecule has 0 aliphatic rings. The largest absolute Gasteiger partial charge is 0.234 e. The minimum Gasteiger partial charge on any atom is -0.234 e. The Morgan fingerprint density at radius 1 is 1.14 bits per heavy atom.